The molecular weight excluding hydrogens is 266 g/mol. The second kappa shape index (κ2) is 5.94. The van der Waals surface area contributed by atoms with Gasteiger partial charge in [0.2, 0.25) is 5.95 Å². The van der Waals surface area contributed by atoms with Gasteiger partial charge in [0.1, 0.15) is 11.6 Å². The molecule has 0 radical (unpaired) electrons. The van der Waals surface area contributed by atoms with Crippen molar-refractivity contribution < 1.29 is 0 Å². The smallest absolute Gasteiger partial charge is 0.231 e. The van der Waals surface area contributed by atoms with E-state index in [1.807, 2.05) is 12.1 Å². The van der Waals surface area contributed by atoms with Gasteiger partial charge in [-0.3, -0.25) is 0 Å². The van der Waals surface area contributed by atoms with Crippen LogP contribution in [0.1, 0.15) is 26.3 Å². The van der Waals surface area contributed by atoms with Crippen molar-refractivity contribution in [1.82, 2.24) is 9.97 Å². The highest BCUT2D eigenvalue weighted by molar-refractivity contribution is 5.59. The first-order valence-corrected chi connectivity index (χ1v) is 6.62. The van der Waals surface area contributed by atoms with Gasteiger partial charge in [-0.25, -0.2) is 11.7 Å². The van der Waals surface area contributed by atoms with Gasteiger partial charge in [-0.2, -0.15) is 9.97 Å². The molecule has 21 heavy (non-hydrogen) atoms. The van der Waals surface area contributed by atoms with Crippen LogP contribution in [0, 0.1) is 0 Å². The highest BCUT2D eigenvalue weighted by Crippen LogP contribution is 2.26. The number of benzene rings is 1. The molecule has 0 spiro atoms. The predicted molar refractivity (Wildman–Crippen MR) is 86.1 cm³/mol. The molecule has 1 aromatic heterocycles. The van der Waals surface area contributed by atoms with Gasteiger partial charge in [-0.1, -0.05) is 32.9 Å². The van der Waals surface area contributed by atoms with Crippen molar-refractivity contribution in [2.75, 3.05) is 16.2 Å². The van der Waals surface area contributed by atoms with Crippen LogP contribution in [0.2, 0.25) is 0 Å². The van der Waals surface area contributed by atoms with E-state index in [4.69, 9.17) is 11.7 Å². The summed E-state index contributed by atoms with van der Waals surface area (Å²) in [6.45, 7) is 6.49. The summed E-state index contributed by atoms with van der Waals surface area (Å²) in [5.41, 5.74) is 7.15. The van der Waals surface area contributed by atoms with Crippen LogP contribution >= 0.6 is 0 Å². The van der Waals surface area contributed by atoms with Crippen LogP contribution in [-0.4, -0.2) is 9.97 Å². The average molecular weight is 287 g/mol. The summed E-state index contributed by atoms with van der Waals surface area (Å²) in [5.74, 6) is 12.1. The van der Waals surface area contributed by atoms with Gasteiger partial charge in [0.25, 0.3) is 0 Å². The van der Waals surface area contributed by atoms with Gasteiger partial charge in [-0.15, -0.1) is 0 Å². The van der Waals surface area contributed by atoms with Gasteiger partial charge >= 0.3 is 0 Å². The SMILES string of the molecule is CC(C)(C)c1cccc(Nc2nc(NN)cc(NN)n2)c1. The molecular formula is C14H21N7. The molecule has 0 saturated heterocycles. The van der Waals surface area contributed by atoms with E-state index in [0.717, 1.165) is 5.69 Å². The average Bonchev–Trinajstić information content (AvgIpc) is 2.46. The number of nitrogens with one attached hydrogen (secondary N) is 3. The van der Waals surface area contributed by atoms with E-state index in [1.165, 1.54) is 5.56 Å². The van der Waals surface area contributed by atoms with E-state index in [2.05, 4.69) is 59.0 Å². The highest BCUT2D eigenvalue weighted by Gasteiger charge is 2.14. The summed E-state index contributed by atoms with van der Waals surface area (Å²) in [6.07, 6.45) is 0. The van der Waals surface area contributed by atoms with Crippen LogP contribution < -0.4 is 27.9 Å². The summed E-state index contributed by atoms with van der Waals surface area (Å²) in [4.78, 5) is 8.47. The Balaban J connectivity index is 2.30. The fraction of sp³-hybridized carbons (Fsp3) is 0.286. The molecule has 0 amide bonds. The first-order valence-electron chi connectivity index (χ1n) is 6.62. The highest BCUT2D eigenvalue weighted by atomic mass is 15.3. The third-order valence-electron chi connectivity index (χ3n) is 3.01. The van der Waals surface area contributed by atoms with E-state index in [-0.39, 0.29) is 5.41 Å². The molecule has 0 fully saturated rings. The first-order chi connectivity index (χ1) is 9.92. The molecule has 7 N–H and O–H groups in total. The van der Waals surface area contributed by atoms with Crippen molar-refractivity contribution in [3.8, 4) is 0 Å². The zero-order valence-electron chi connectivity index (χ0n) is 12.4. The second-order valence-corrected chi connectivity index (χ2v) is 5.71. The van der Waals surface area contributed by atoms with E-state index >= 15 is 0 Å². The summed E-state index contributed by atoms with van der Waals surface area (Å²) in [6, 6.07) is 9.72. The van der Waals surface area contributed by atoms with E-state index in [0.29, 0.717) is 17.6 Å². The number of anilines is 4. The Morgan fingerprint density at radius 2 is 1.57 bits per heavy atom. The van der Waals surface area contributed by atoms with Gasteiger partial charge in [-0.05, 0) is 23.1 Å². The third kappa shape index (κ3) is 3.80. The zero-order chi connectivity index (χ0) is 15.5. The van der Waals surface area contributed by atoms with Crippen molar-refractivity contribution in [2.24, 2.45) is 11.7 Å². The zero-order valence-corrected chi connectivity index (χ0v) is 12.4. The van der Waals surface area contributed by atoms with E-state index < -0.39 is 0 Å². The minimum Gasteiger partial charge on any atom is -0.324 e. The van der Waals surface area contributed by atoms with Crippen molar-refractivity contribution in [2.45, 2.75) is 26.2 Å². The quantitative estimate of drug-likeness (QED) is 0.432. The van der Waals surface area contributed by atoms with E-state index in [1.54, 1.807) is 6.07 Å². The number of aromatic nitrogens is 2. The Morgan fingerprint density at radius 3 is 2.10 bits per heavy atom. The number of nitrogen functional groups attached to an aromatic ring is 2. The minimum atomic E-state index is 0.0726. The lowest BCUT2D eigenvalue weighted by molar-refractivity contribution is 0.590. The Labute approximate surface area is 124 Å². The van der Waals surface area contributed by atoms with Crippen LogP contribution in [0.25, 0.3) is 0 Å². The summed E-state index contributed by atoms with van der Waals surface area (Å²) >= 11 is 0. The van der Waals surface area contributed by atoms with Crippen molar-refractivity contribution in [1.29, 1.82) is 0 Å². The molecule has 1 heterocycles. The molecule has 0 bridgehead atoms. The molecule has 2 rings (SSSR count). The normalized spacial score (nSPS) is 11.1. The molecule has 1 aromatic carbocycles. The third-order valence-corrected chi connectivity index (χ3v) is 3.01. The van der Waals surface area contributed by atoms with Gasteiger partial charge < -0.3 is 16.2 Å². The molecule has 112 valence electrons. The number of rotatable bonds is 4. The first kappa shape index (κ1) is 15.0. The molecule has 2 aromatic rings. The Hall–Kier alpha value is -2.38. The number of hydrogen-bond acceptors (Lipinski definition) is 7. The fourth-order valence-corrected chi connectivity index (χ4v) is 1.84. The van der Waals surface area contributed by atoms with Crippen LogP contribution in [0.4, 0.5) is 23.3 Å². The molecule has 7 nitrogen and oxygen atoms in total. The van der Waals surface area contributed by atoms with Gasteiger partial charge in [0.15, 0.2) is 0 Å². The van der Waals surface area contributed by atoms with Crippen molar-refractivity contribution in [3.05, 3.63) is 35.9 Å². The van der Waals surface area contributed by atoms with Gasteiger partial charge in [0, 0.05) is 11.8 Å². The lowest BCUT2D eigenvalue weighted by Gasteiger charge is -2.20. The Bertz CT molecular complexity index is 597. The predicted octanol–water partition coefficient (Wildman–Crippen LogP) is 2.09. The Morgan fingerprint density at radius 1 is 0.952 bits per heavy atom. The molecule has 0 atom stereocenters. The summed E-state index contributed by atoms with van der Waals surface area (Å²) < 4.78 is 0. The van der Waals surface area contributed by atoms with Gasteiger partial charge in [0.05, 0.1) is 0 Å². The maximum absolute atomic E-state index is 5.38. The standard InChI is InChI=1S/C14H21N7/c1-14(2,3)9-5-4-6-10(7-9)17-13-18-11(20-15)8-12(19-13)21-16/h4-8H,15-16H2,1-3H3,(H3,17,18,19,20,21). The lowest BCUT2D eigenvalue weighted by atomic mass is 9.87. The van der Waals surface area contributed by atoms with Crippen LogP contribution in [0.5, 0.6) is 0 Å². The van der Waals surface area contributed by atoms with Crippen LogP contribution in [0.3, 0.4) is 0 Å². The molecule has 0 unspecified atom stereocenters. The number of hydrogen-bond donors (Lipinski definition) is 5. The monoisotopic (exact) mass is 287 g/mol. The topological polar surface area (TPSA) is 114 Å². The summed E-state index contributed by atoms with van der Waals surface area (Å²) in [5, 5.41) is 3.15. The van der Waals surface area contributed by atoms with Crippen molar-refractivity contribution in [3.63, 3.8) is 0 Å². The number of nitrogens with two attached hydrogens (primary N) is 2. The Kier molecular flexibility index (Phi) is 4.25. The maximum Gasteiger partial charge on any atom is 0.231 e. The molecule has 0 aliphatic heterocycles. The minimum absolute atomic E-state index is 0.0726. The lowest BCUT2D eigenvalue weighted by Crippen LogP contribution is -2.14. The molecule has 0 aliphatic rings. The molecule has 0 aliphatic carbocycles. The number of nitrogens with zero attached hydrogens (tertiary/aromatic N) is 2. The van der Waals surface area contributed by atoms with Crippen LogP contribution in [-0.2, 0) is 5.41 Å². The van der Waals surface area contributed by atoms with Crippen molar-refractivity contribution >= 4 is 23.3 Å². The molecule has 0 saturated carbocycles. The fourth-order valence-electron chi connectivity index (χ4n) is 1.84. The molecule has 7 heteroatoms. The summed E-state index contributed by atoms with van der Waals surface area (Å²) in [7, 11) is 0. The second-order valence-electron chi connectivity index (χ2n) is 5.71. The van der Waals surface area contributed by atoms with E-state index in [9.17, 15) is 0 Å². The number of hydrazine groups is 2. The largest absolute Gasteiger partial charge is 0.324 e. The maximum atomic E-state index is 5.38. The van der Waals surface area contributed by atoms with Crippen LogP contribution in [0.15, 0.2) is 30.3 Å².